The second-order valence-electron chi connectivity index (χ2n) is 7.64. The fourth-order valence-electron chi connectivity index (χ4n) is 4.80. The number of fused-ring (bicyclic) bond motifs is 4. The summed E-state index contributed by atoms with van der Waals surface area (Å²) >= 11 is 0. The number of amides is 1. The molecule has 0 unspecified atom stereocenters. The van der Waals surface area contributed by atoms with Gasteiger partial charge in [-0.25, -0.2) is 0 Å². The normalized spacial score (nSPS) is 22.2. The number of piperidine rings is 1. The fraction of sp³-hybridized carbons (Fsp3) is 0.409. The zero-order valence-electron chi connectivity index (χ0n) is 14.6. The number of piperazine rings is 1. The number of nitrogens with zero attached hydrogens (tertiary/aromatic N) is 2. The molecule has 1 atom stereocenters. The number of benzene rings is 2. The first-order valence-corrected chi connectivity index (χ1v) is 9.54. The smallest absolute Gasteiger partial charge is 0.253 e. The van der Waals surface area contributed by atoms with E-state index >= 15 is 0 Å². The number of carbonyl (C=O) groups is 1. The summed E-state index contributed by atoms with van der Waals surface area (Å²) in [6.45, 7) is 4.01. The molecule has 1 aliphatic carbocycles. The lowest BCUT2D eigenvalue weighted by Crippen LogP contribution is -2.56. The molecule has 25 heavy (non-hydrogen) atoms. The molecule has 3 aliphatic rings. The van der Waals surface area contributed by atoms with Gasteiger partial charge in [0.05, 0.1) is 0 Å². The molecule has 2 fully saturated rings. The Balaban J connectivity index is 1.37. The minimum atomic E-state index is 0.212. The largest absolute Gasteiger partial charge is 0.336 e. The summed E-state index contributed by atoms with van der Waals surface area (Å²) in [7, 11) is 0. The lowest BCUT2D eigenvalue weighted by Gasteiger charge is -2.44. The van der Waals surface area contributed by atoms with E-state index in [1.807, 2.05) is 6.07 Å². The van der Waals surface area contributed by atoms with Crippen molar-refractivity contribution in [3.63, 3.8) is 0 Å². The summed E-state index contributed by atoms with van der Waals surface area (Å²) in [5.74, 6) is 0.212. The molecular formula is C22H24N2O. The van der Waals surface area contributed by atoms with Gasteiger partial charge in [-0.15, -0.1) is 0 Å². The van der Waals surface area contributed by atoms with Crippen molar-refractivity contribution in [3.05, 3.63) is 59.2 Å². The maximum absolute atomic E-state index is 13.1. The van der Waals surface area contributed by atoms with E-state index < -0.39 is 0 Å². The van der Waals surface area contributed by atoms with Crippen LogP contribution < -0.4 is 0 Å². The zero-order valence-corrected chi connectivity index (χ0v) is 14.6. The van der Waals surface area contributed by atoms with Crippen molar-refractivity contribution in [1.82, 2.24) is 9.80 Å². The molecule has 0 bridgehead atoms. The van der Waals surface area contributed by atoms with Gasteiger partial charge in [-0.1, -0.05) is 36.8 Å². The van der Waals surface area contributed by atoms with Gasteiger partial charge < -0.3 is 4.90 Å². The third-order valence-corrected chi connectivity index (χ3v) is 6.17. The van der Waals surface area contributed by atoms with Crippen molar-refractivity contribution in [2.75, 3.05) is 26.2 Å². The van der Waals surface area contributed by atoms with Gasteiger partial charge >= 0.3 is 0 Å². The number of carbonyl (C=O) groups excluding carboxylic acids is 1. The first-order valence-electron chi connectivity index (χ1n) is 9.54. The van der Waals surface area contributed by atoms with Crippen LogP contribution in [-0.4, -0.2) is 47.9 Å². The number of hydrogen-bond donors (Lipinski definition) is 0. The highest BCUT2D eigenvalue weighted by Crippen LogP contribution is 2.37. The molecule has 2 aromatic carbocycles. The summed E-state index contributed by atoms with van der Waals surface area (Å²) in [5.41, 5.74) is 6.15. The Morgan fingerprint density at radius 3 is 2.76 bits per heavy atom. The molecule has 5 rings (SSSR count). The number of rotatable bonds is 1. The van der Waals surface area contributed by atoms with Crippen LogP contribution in [0.15, 0.2) is 42.5 Å². The molecule has 0 N–H and O–H groups in total. The third-order valence-electron chi connectivity index (χ3n) is 6.17. The van der Waals surface area contributed by atoms with Crippen LogP contribution in [0.1, 0.15) is 40.7 Å². The van der Waals surface area contributed by atoms with Crippen LogP contribution in [0, 0.1) is 0 Å². The second kappa shape index (κ2) is 5.99. The first-order chi connectivity index (χ1) is 12.3. The first kappa shape index (κ1) is 15.2. The molecule has 2 saturated heterocycles. The van der Waals surface area contributed by atoms with Gasteiger partial charge in [0.25, 0.3) is 5.91 Å². The molecule has 0 saturated carbocycles. The topological polar surface area (TPSA) is 23.6 Å². The van der Waals surface area contributed by atoms with E-state index in [1.54, 1.807) is 0 Å². The third kappa shape index (κ3) is 2.58. The Morgan fingerprint density at radius 2 is 1.80 bits per heavy atom. The molecule has 128 valence electrons. The lowest BCUT2D eigenvalue weighted by molar-refractivity contribution is 0.0372. The summed E-state index contributed by atoms with van der Waals surface area (Å²) in [4.78, 5) is 17.7. The Bertz CT molecular complexity index is 829. The van der Waals surface area contributed by atoms with Crippen molar-refractivity contribution in [3.8, 4) is 11.1 Å². The van der Waals surface area contributed by atoms with Crippen LogP contribution in [-0.2, 0) is 6.42 Å². The van der Waals surface area contributed by atoms with E-state index in [4.69, 9.17) is 0 Å². The maximum atomic E-state index is 13.1. The Kier molecular flexibility index (Phi) is 3.63. The van der Waals surface area contributed by atoms with Crippen LogP contribution in [0.5, 0.6) is 0 Å². The van der Waals surface area contributed by atoms with E-state index in [0.717, 1.165) is 31.6 Å². The Hall–Kier alpha value is -2.13. The van der Waals surface area contributed by atoms with Gasteiger partial charge in [0.15, 0.2) is 0 Å². The minimum absolute atomic E-state index is 0.212. The van der Waals surface area contributed by atoms with Gasteiger partial charge in [-0.3, -0.25) is 9.69 Å². The molecule has 0 spiro atoms. The molecule has 2 aromatic rings. The quantitative estimate of drug-likeness (QED) is 0.680. The van der Waals surface area contributed by atoms with Gasteiger partial charge in [-0.2, -0.15) is 0 Å². The molecular weight excluding hydrogens is 308 g/mol. The Labute approximate surface area is 149 Å². The fourth-order valence-corrected chi connectivity index (χ4v) is 4.80. The van der Waals surface area contributed by atoms with Gasteiger partial charge in [0, 0.05) is 31.2 Å². The molecule has 0 radical (unpaired) electrons. The highest BCUT2D eigenvalue weighted by molar-refractivity contribution is 5.96. The number of hydrogen-bond acceptors (Lipinski definition) is 2. The van der Waals surface area contributed by atoms with Crippen molar-refractivity contribution < 1.29 is 4.79 Å². The second-order valence-corrected chi connectivity index (χ2v) is 7.64. The van der Waals surface area contributed by atoms with Crippen molar-refractivity contribution in [2.24, 2.45) is 0 Å². The minimum Gasteiger partial charge on any atom is -0.336 e. The summed E-state index contributed by atoms with van der Waals surface area (Å²) in [5, 5.41) is 0. The summed E-state index contributed by atoms with van der Waals surface area (Å²) < 4.78 is 0. The van der Waals surface area contributed by atoms with Crippen LogP contribution in [0.2, 0.25) is 0 Å². The predicted octanol–water partition coefficient (Wildman–Crippen LogP) is 3.57. The molecule has 2 heterocycles. The van der Waals surface area contributed by atoms with E-state index in [2.05, 4.69) is 46.2 Å². The maximum Gasteiger partial charge on any atom is 0.253 e. The van der Waals surface area contributed by atoms with Gasteiger partial charge in [-0.05, 0) is 60.2 Å². The van der Waals surface area contributed by atoms with Crippen molar-refractivity contribution >= 4 is 5.91 Å². The average molecular weight is 332 g/mol. The summed E-state index contributed by atoms with van der Waals surface area (Å²) in [6, 6.07) is 15.4. The van der Waals surface area contributed by atoms with E-state index in [1.165, 1.54) is 48.1 Å². The van der Waals surface area contributed by atoms with E-state index in [9.17, 15) is 4.79 Å². The van der Waals surface area contributed by atoms with E-state index in [0.29, 0.717) is 6.04 Å². The molecule has 0 aromatic heterocycles. The van der Waals surface area contributed by atoms with Crippen molar-refractivity contribution in [2.45, 2.75) is 31.7 Å². The van der Waals surface area contributed by atoms with Crippen LogP contribution in [0.4, 0.5) is 0 Å². The highest BCUT2D eigenvalue weighted by Gasteiger charge is 2.31. The Morgan fingerprint density at radius 1 is 0.920 bits per heavy atom. The van der Waals surface area contributed by atoms with Crippen LogP contribution in [0.3, 0.4) is 0 Å². The standard InChI is InChI=1S/C22H24N2O/c25-22(24-12-11-23-10-4-3-6-19(23)15-24)17-8-9-21-18(14-17)13-16-5-1-2-7-20(16)21/h1-2,5,7-9,14,19H,3-4,6,10-13,15H2/t19-/m0/s1. The average Bonchev–Trinajstić information content (AvgIpc) is 3.04. The van der Waals surface area contributed by atoms with Gasteiger partial charge in [0.2, 0.25) is 0 Å². The SMILES string of the molecule is O=C(c1ccc2c(c1)Cc1ccccc1-2)N1CCN2CCCC[C@H]2C1. The monoisotopic (exact) mass is 332 g/mol. The lowest BCUT2D eigenvalue weighted by atomic mass is 9.98. The van der Waals surface area contributed by atoms with E-state index in [-0.39, 0.29) is 5.91 Å². The highest BCUT2D eigenvalue weighted by atomic mass is 16.2. The predicted molar refractivity (Wildman–Crippen MR) is 99.8 cm³/mol. The zero-order chi connectivity index (χ0) is 16.8. The van der Waals surface area contributed by atoms with Crippen LogP contribution in [0.25, 0.3) is 11.1 Å². The molecule has 1 amide bonds. The van der Waals surface area contributed by atoms with Crippen molar-refractivity contribution in [1.29, 1.82) is 0 Å². The molecule has 3 heteroatoms. The molecule has 3 nitrogen and oxygen atoms in total. The summed E-state index contributed by atoms with van der Waals surface area (Å²) in [6.07, 6.45) is 4.81. The van der Waals surface area contributed by atoms with Crippen LogP contribution >= 0.6 is 0 Å². The van der Waals surface area contributed by atoms with Gasteiger partial charge in [0.1, 0.15) is 0 Å². The molecule has 2 aliphatic heterocycles.